The van der Waals surface area contributed by atoms with Crippen LogP contribution in [-0.2, 0) is 23.8 Å². The maximum atomic E-state index is 12.6. The van der Waals surface area contributed by atoms with Crippen LogP contribution >= 0.6 is 0 Å². The van der Waals surface area contributed by atoms with Gasteiger partial charge in [0.2, 0.25) is 5.88 Å². The number of carbonyl (C=O) groups is 2. The Bertz CT molecular complexity index is 1060. The Morgan fingerprint density at radius 1 is 1.03 bits per heavy atom. The Kier molecular flexibility index (Phi) is 6.18. The highest BCUT2D eigenvalue weighted by Crippen LogP contribution is 2.41. The second-order valence-corrected chi connectivity index (χ2v) is 6.49. The minimum atomic E-state index is -0.833. The largest absolute Gasteiger partial charge is 0.469 e. The lowest BCUT2D eigenvalue weighted by Gasteiger charge is -2.27. The highest BCUT2D eigenvalue weighted by atomic mass is 16.5. The highest BCUT2D eigenvalue weighted by molar-refractivity contribution is 5.93. The van der Waals surface area contributed by atoms with Gasteiger partial charge in [0.1, 0.15) is 23.8 Å². The van der Waals surface area contributed by atoms with E-state index in [-0.39, 0.29) is 29.2 Å². The number of hydrogen-bond acceptors (Lipinski definition) is 7. The van der Waals surface area contributed by atoms with Crippen LogP contribution in [-0.4, -0.2) is 26.2 Å². The van der Waals surface area contributed by atoms with Crippen molar-refractivity contribution in [1.29, 1.82) is 5.26 Å². The summed E-state index contributed by atoms with van der Waals surface area (Å²) in [6.45, 7) is 0. The second kappa shape index (κ2) is 8.97. The molecule has 0 fully saturated rings. The quantitative estimate of drug-likeness (QED) is 0.762. The van der Waals surface area contributed by atoms with E-state index in [9.17, 15) is 14.9 Å². The van der Waals surface area contributed by atoms with Crippen molar-refractivity contribution in [1.82, 2.24) is 0 Å². The van der Waals surface area contributed by atoms with Gasteiger partial charge in [-0.2, -0.15) is 5.26 Å². The average Bonchev–Trinajstić information content (AvgIpc) is 2.78. The van der Waals surface area contributed by atoms with Gasteiger partial charge < -0.3 is 19.9 Å². The normalized spacial score (nSPS) is 15.8. The van der Waals surface area contributed by atoms with Gasteiger partial charge in [0.15, 0.2) is 0 Å². The molecule has 30 heavy (non-hydrogen) atoms. The number of nitriles is 1. The minimum absolute atomic E-state index is 0.00216. The number of ether oxygens (including phenoxy) is 3. The summed E-state index contributed by atoms with van der Waals surface area (Å²) in [4.78, 5) is 24.4. The molecule has 1 aliphatic rings. The lowest BCUT2D eigenvalue weighted by atomic mass is 9.82. The molecule has 0 aliphatic carbocycles. The molecule has 7 heteroatoms. The monoisotopic (exact) mass is 404 g/mol. The molecular formula is C23H20N2O5. The number of hydrogen-bond donors (Lipinski definition) is 1. The maximum Gasteiger partial charge on any atom is 0.338 e. The zero-order chi connectivity index (χ0) is 21.7. The van der Waals surface area contributed by atoms with Crippen LogP contribution in [0.3, 0.4) is 0 Å². The summed E-state index contributed by atoms with van der Waals surface area (Å²) < 4.78 is 15.0. The van der Waals surface area contributed by atoms with E-state index in [4.69, 9.17) is 15.2 Å². The van der Waals surface area contributed by atoms with Crippen LogP contribution in [0.15, 0.2) is 77.4 Å². The number of benzene rings is 2. The van der Waals surface area contributed by atoms with Gasteiger partial charge in [-0.1, -0.05) is 54.6 Å². The molecule has 0 aromatic heterocycles. The summed E-state index contributed by atoms with van der Waals surface area (Å²) >= 11 is 0. The molecule has 3 rings (SSSR count). The Labute approximate surface area is 174 Å². The number of nitrogens with zero attached hydrogens (tertiary/aromatic N) is 1. The van der Waals surface area contributed by atoms with E-state index in [0.29, 0.717) is 5.56 Å². The summed E-state index contributed by atoms with van der Waals surface area (Å²) in [7, 11) is 2.44. The average molecular weight is 404 g/mol. The lowest BCUT2D eigenvalue weighted by molar-refractivity contribution is -0.140. The summed E-state index contributed by atoms with van der Waals surface area (Å²) in [5, 5.41) is 9.68. The number of esters is 2. The van der Waals surface area contributed by atoms with Gasteiger partial charge >= 0.3 is 11.9 Å². The molecular weight excluding hydrogens is 384 g/mol. The topological polar surface area (TPSA) is 112 Å². The minimum Gasteiger partial charge on any atom is -0.469 e. The molecule has 0 bridgehead atoms. The Balaban J connectivity index is 2.11. The fourth-order valence-corrected chi connectivity index (χ4v) is 3.32. The van der Waals surface area contributed by atoms with Gasteiger partial charge in [-0.05, 0) is 16.7 Å². The summed E-state index contributed by atoms with van der Waals surface area (Å²) in [5.74, 6) is -2.33. The van der Waals surface area contributed by atoms with E-state index < -0.39 is 17.9 Å². The van der Waals surface area contributed by atoms with Crippen molar-refractivity contribution in [2.45, 2.75) is 12.3 Å². The van der Waals surface area contributed by atoms with E-state index in [2.05, 4.69) is 4.74 Å². The first kappa shape index (κ1) is 20.7. The molecule has 152 valence electrons. The molecule has 0 amide bonds. The van der Waals surface area contributed by atoms with Gasteiger partial charge in [-0.25, -0.2) is 4.79 Å². The van der Waals surface area contributed by atoms with E-state index in [1.165, 1.54) is 14.2 Å². The molecule has 2 aromatic carbocycles. The number of methoxy groups -OCH3 is 2. The van der Waals surface area contributed by atoms with Crippen LogP contribution in [0.2, 0.25) is 0 Å². The molecule has 2 N–H and O–H groups in total. The lowest BCUT2D eigenvalue weighted by Crippen LogP contribution is -2.26. The zero-order valence-electron chi connectivity index (χ0n) is 16.5. The van der Waals surface area contributed by atoms with Crippen molar-refractivity contribution >= 4 is 11.9 Å². The van der Waals surface area contributed by atoms with E-state index in [1.807, 2.05) is 60.7 Å². The fraction of sp³-hybridized carbons (Fsp3) is 0.174. The second-order valence-electron chi connectivity index (χ2n) is 6.49. The van der Waals surface area contributed by atoms with Crippen LogP contribution in [0, 0.1) is 11.3 Å². The summed E-state index contributed by atoms with van der Waals surface area (Å²) in [6.07, 6.45) is -0.320. The summed E-state index contributed by atoms with van der Waals surface area (Å²) in [6, 6.07) is 19.2. The van der Waals surface area contributed by atoms with Crippen molar-refractivity contribution < 1.29 is 23.8 Å². The van der Waals surface area contributed by atoms with Gasteiger partial charge in [0.25, 0.3) is 0 Å². The molecule has 1 atom stereocenters. The smallest absolute Gasteiger partial charge is 0.338 e. The van der Waals surface area contributed by atoms with Gasteiger partial charge in [-0.15, -0.1) is 0 Å². The van der Waals surface area contributed by atoms with Gasteiger partial charge in [0.05, 0.1) is 25.7 Å². The van der Waals surface area contributed by atoms with Crippen LogP contribution in [0.5, 0.6) is 0 Å². The van der Waals surface area contributed by atoms with Crippen LogP contribution in [0.4, 0.5) is 0 Å². The third kappa shape index (κ3) is 4.03. The molecule has 0 radical (unpaired) electrons. The predicted molar refractivity (Wildman–Crippen MR) is 108 cm³/mol. The molecule has 0 saturated carbocycles. The van der Waals surface area contributed by atoms with E-state index in [1.54, 1.807) is 0 Å². The summed E-state index contributed by atoms with van der Waals surface area (Å²) in [5.41, 5.74) is 8.70. The fourth-order valence-electron chi connectivity index (χ4n) is 3.32. The third-order valence-electron chi connectivity index (χ3n) is 4.79. The van der Waals surface area contributed by atoms with Crippen molar-refractivity contribution in [2.24, 2.45) is 5.73 Å². The molecule has 0 spiro atoms. The molecule has 1 aliphatic heterocycles. The van der Waals surface area contributed by atoms with Crippen molar-refractivity contribution in [3.05, 3.63) is 82.9 Å². The van der Waals surface area contributed by atoms with Crippen LogP contribution in [0.25, 0.3) is 11.1 Å². The third-order valence-corrected chi connectivity index (χ3v) is 4.79. The maximum absolute atomic E-state index is 12.6. The van der Waals surface area contributed by atoms with Crippen LogP contribution in [0.1, 0.15) is 17.9 Å². The van der Waals surface area contributed by atoms with Crippen molar-refractivity contribution in [3.63, 3.8) is 0 Å². The van der Waals surface area contributed by atoms with E-state index in [0.717, 1.165) is 11.1 Å². The molecule has 1 unspecified atom stereocenters. The first-order valence-electron chi connectivity index (χ1n) is 9.11. The standard InChI is InChI=1S/C23H20N2O5/c1-28-19(26)12-18-21(23(27)29-2)20(17(13-24)22(25)30-18)16-10-8-15(9-11-16)14-6-4-3-5-7-14/h3-11,20H,12,25H2,1-2H3. The van der Waals surface area contributed by atoms with Crippen LogP contribution < -0.4 is 5.73 Å². The molecule has 2 aromatic rings. The number of rotatable bonds is 5. The molecule has 0 saturated heterocycles. The first-order valence-corrected chi connectivity index (χ1v) is 9.11. The highest BCUT2D eigenvalue weighted by Gasteiger charge is 2.38. The van der Waals surface area contributed by atoms with Crippen molar-refractivity contribution in [3.8, 4) is 17.2 Å². The number of carbonyl (C=O) groups excluding carboxylic acids is 2. The first-order chi connectivity index (χ1) is 14.5. The van der Waals surface area contributed by atoms with Crippen molar-refractivity contribution in [2.75, 3.05) is 14.2 Å². The molecule has 7 nitrogen and oxygen atoms in total. The zero-order valence-corrected chi connectivity index (χ0v) is 16.5. The van der Waals surface area contributed by atoms with E-state index >= 15 is 0 Å². The van der Waals surface area contributed by atoms with Gasteiger partial charge in [0, 0.05) is 0 Å². The Hall–Kier alpha value is -4.05. The number of nitrogens with two attached hydrogens (primary N) is 1. The Morgan fingerprint density at radius 2 is 1.67 bits per heavy atom. The number of allylic oxidation sites excluding steroid dienone is 1. The Morgan fingerprint density at radius 3 is 2.23 bits per heavy atom. The molecule has 1 heterocycles. The predicted octanol–water partition coefficient (Wildman–Crippen LogP) is 3.15. The van der Waals surface area contributed by atoms with Gasteiger partial charge in [-0.3, -0.25) is 4.79 Å². The SMILES string of the molecule is COC(=O)CC1=C(C(=O)OC)C(c2ccc(-c3ccccc3)cc2)C(C#N)=C(N)O1.